The zero-order chi connectivity index (χ0) is 15.5. The number of thiophene rings is 1. The number of amides is 1. The molecule has 0 bridgehead atoms. The van der Waals surface area contributed by atoms with E-state index in [-0.39, 0.29) is 11.7 Å². The summed E-state index contributed by atoms with van der Waals surface area (Å²) in [6, 6.07) is 0. The summed E-state index contributed by atoms with van der Waals surface area (Å²) in [6.45, 7) is 2.56. The molecule has 0 atom stereocenters. The molecule has 5 heteroatoms. The Morgan fingerprint density at radius 1 is 1.05 bits per heavy atom. The number of carbonyl (C=O) groups excluding carboxylic acids is 2. The van der Waals surface area contributed by atoms with Crippen molar-refractivity contribution < 1.29 is 9.59 Å². The average molecular weight is 320 g/mol. The van der Waals surface area contributed by atoms with Gasteiger partial charge in [0.25, 0.3) is 0 Å². The van der Waals surface area contributed by atoms with Crippen molar-refractivity contribution in [2.75, 3.05) is 19.6 Å². The second kappa shape index (κ2) is 6.92. The molecule has 0 saturated carbocycles. The number of aryl methyl sites for hydroxylation is 1. The third-order valence-electron chi connectivity index (χ3n) is 4.70. The zero-order valence-corrected chi connectivity index (χ0v) is 13.8. The number of rotatable bonds is 5. The lowest BCUT2D eigenvalue weighted by atomic mass is 9.94. The monoisotopic (exact) mass is 320 g/mol. The van der Waals surface area contributed by atoms with Crippen LogP contribution >= 0.6 is 11.3 Å². The fourth-order valence-corrected chi connectivity index (χ4v) is 5.07. The highest BCUT2D eigenvalue weighted by molar-refractivity contribution is 7.12. The average Bonchev–Trinajstić information content (AvgIpc) is 2.85. The van der Waals surface area contributed by atoms with Crippen molar-refractivity contribution in [2.45, 2.75) is 51.4 Å². The fourth-order valence-electron chi connectivity index (χ4n) is 3.64. The number of primary amides is 1. The van der Waals surface area contributed by atoms with Crippen LogP contribution in [0, 0.1) is 0 Å². The topological polar surface area (TPSA) is 63.4 Å². The van der Waals surface area contributed by atoms with E-state index in [9.17, 15) is 9.59 Å². The van der Waals surface area contributed by atoms with Crippen LogP contribution in [0.15, 0.2) is 0 Å². The van der Waals surface area contributed by atoms with Crippen LogP contribution in [0.4, 0.5) is 0 Å². The Bertz CT molecular complexity index is 573. The van der Waals surface area contributed by atoms with E-state index < -0.39 is 0 Å². The molecular weight excluding hydrogens is 296 g/mol. The summed E-state index contributed by atoms with van der Waals surface area (Å²) in [5.41, 5.74) is 7.38. The molecule has 1 aliphatic heterocycles. The molecule has 1 saturated heterocycles. The van der Waals surface area contributed by atoms with E-state index >= 15 is 0 Å². The molecule has 4 nitrogen and oxygen atoms in total. The number of piperidine rings is 1. The molecule has 22 heavy (non-hydrogen) atoms. The number of ketones is 1. The Hall–Kier alpha value is -1.20. The first kappa shape index (κ1) is 15.7. The predicted octanol–water partition coefficient (Wildman–Crippen LogP) is 2.32. The van der Waals surface area contributed by atoms with E-state index in [0.717, 1.165) is 42.8 Å². The Labute approximate surface area is 135 Å². The van der Waals surface area contributed by atoms with Gasteiger partial charge in [-0.1, -0.05) is 6.42 Å². The van der Waals surface area contributed by atoms with Gasteiger partial charge in [0, 0.05) is 16.2 Å². The summed E-state index contributed by atoms with van der Waals surface area (Å²) in [6.07, 6.45) is 8.27. The lowest BCUT2D eigenvalue weighted by Gasteiger charge is -2.25. The van der Waals surface area contributed by atoms with Crippen LogP contribution in [0.5, 0.6) is 0 Å². The summed E-state index contributed by atoms with van der Waals surface area (Å²) in [5.74, 6) is -0.150. The maximum absolute atomic E-state index is 12.4. The first-order valence-corrected chi connectivity index (χ1v) is 9.14. The Morgan fingerprint density at radius 3 is 2.50 bits per heavy atom. The van der Waals surface area contributed by atoms with Gasteiger partial charge in [0.1, 0.15) is 0 Å². The first-order chi connectivity index (χ1) is 10.6. The van der Waals surface area contributed by atoms with E-state index in [1.165, 1.54) is 30.6 Å². The molecule has 2 aliphatic rings. The SMILES string of the molecule is NC(=O)c1c(CC(=O)CN2CCCCC2)sc2c1CCCC2. The van der Waals surface area contributed by atoms with Gasteiger partial charge < -0.3 is 5.73 Å². The summed E-state index contributed by atoms with van der Waals surface area (Å²) in [5, 5.41) is 0. The quantitative estimate of drug-likeness (QED) is 0.905. The van der Waals surface area contributed by atoms with Gasteiger partial charge in [-0.05, 0) is 57.2 Å². The molecule has 0 aromatic carbocycles. The van der Waals surface area contributed by atoms with Crippen LogP contribution in [0.2, 0.25) is 0 Å². The van der Waals surface area contributed by atoms with Gasteiger partial charge in [-0.15, -0.1) is 11.3 Å². The first-order valence-electron chi connectivity index (χ1n) is 8.32. The Morgan fingerprint density at radius 2 is 1.77 bits per heavy atom. The van der Waals surface area contributed by atoms with E-state index in [1.54, 1.807) is 11.3 Å². The van der Waals surface area contributed by atoms with Crippen molar-refractivity contribution in [1.82, 2.24) is 4.90 Å². The molecule has 1 amide bonds. The number of fused-ring (bicyclic) bond motifs is 1. The Balaban J connectivity index is 1.72. The molecule has 0 unspecified atom stereocenters. The van der Waals surface area contributed by atoms with Crippen molar-refractivity contribution in [3.63, 3.8) is 0 Å². The molecule has 0 radical (unpaired) electrons. The van der Waals surface area contributed by atoms with Crippen LogP contribution in [0.25, 0.3) is 0 Å². The summed E-state index contributed by atoms with van der Waals surface area (Å²) in [7, 11) is 0. The zero-order valence-electron chi connectivity index (χ0n) is 13.0. The minimum atomic E-state index is -0.361. The van der Waals surface area contributed by atoms with Gasteiger partial charge in [0.2, 0.25) is 5.91 Å². The number of likely N-dealkylation sites (tertiary alicyclic amines) is 1. The van der Waals surface area contributed by atoms with Gasteiger partial charge in [0.15, 0.2) is 5.78 Å². The molecule has 1 fully saturated rings. The molecule has 2 N–H and O–H groups in total. The van der Waals surface area contributed by atoms with Crippen molar-refractivity contribution in [2.24, 2.45) is 5.73 Å². The van der Waals surface area contributed by atoms with Crippen LogP contribution in [0.3, 0.4) is 0 Å². The third-order valence-corrected chi connectivity index (χ3v) is 5.99. The van der Waals surface area contributed by atoms with Crippen molar-refractivity contribution in [3.8, 4) is 0 Å². The van der Waals surface area contributed by atoms with Crippen LogP contribution in [-0.2, 0) is 24.1 Å². The highest BCUT2D eigenvalue weighted by atomic mass is 32.1. The number of hydrogen-bond acceptors (Lipinski definition) is 4. The summed E-state index contributed by atoms with van der Waals surface area (Å²) in [4.78, 5) is 28.6. The molecule has 3 rings (SSSR count). The second-order valence-electron chi connectivity index (χ2n) is 6.43. The largest absolute Gasteiger partial charge is 0.366 e. The highest BCUT2D eigenvalue weighted by Gasteiger charge is 2.25. The van der Waals surface area contributed by atoms with E-state index in [4.69, 9.17) is 5.73 Å². The molecule has 120 valence electrons. The Kier molecular flexibility index (Phi) is 4.93. The number of nitrogens with two attached hydrogens (primary N) is 1. The van der Waals surface area contributed by atoms with Crippen molar-refractivity contribution in [1.29, 1.82) is 0 Å². The molecule has 2 heterocycles. The second-order valence-corrected chi connectivity index (χ2v) is 7.62. The predicted molar refractivity (Wildman–Crippen MR) is 88.5 cm³/mol. The van der Waals surface area contributed by atoms with Crippen LogP contribution in [-0.4, -0.2) is 36.2 Å². The lowest BCUT2D eigenvalue weighted by molar-refractivity contribution is -0.119. The standard InChI is InChI=1S/C17H24N2O2S/c18-17(21)16-13-6-2-3-7-14(13)22-15(16)10-12(20)11-19-8-4-1-5-9-19/h1-11H2,(H2,18,21). The number of Topliss-reactive ketones (excluding diaryl/α,β-unsaturated/α-hetero) is 1. The number of carbonyl (C=O) groups is 2. The smallest absolute Gasteiger partial charge is 0.250 e. The lowest BCUT2D eigenvalue weighted by Crippen LogP contribution is -2.35. The van der Waals surface area contributed by atoms with E-state index in [2.05, 4.69) is 4.90 Å². The van der Waals surface area contributed by atoms with Gasteiger partial charge in [0.05, 0.1) is 12.1 Å². The van der Waals surface area contributed by atoms with Crippen LogP contribution < -0.4 is 5.73 Å². The molecule has 0 spiro atoms. The van der Waals surface area contributed by atoms with Gasteiger partial charge in [-0.2, -0.15) is 0 Å². The van der Waals surface area contributed by atoms with Gasteiger partial charge >= 0.3 is 0 Å². The molecule has 1 aromatic rings. The van der Waals surface area contributed by atoms with Gasteiger partial charge in [-0.25, -0.2) is 0 Å². The molecule has 1 aromatic heterocycles. The maximum atomic E-state index is 12.4. The van der Waals surface area contributed by atoms with Gasteiger partial charge in [-0.3, -0.25) is 14.5 Å². The normalized spacial score (nSPS) is 18.9. The van der Waals surface area contributed by atoms with E-state index in [1.807, 2.05) is 0 Å². The minimum absolute atomic E-state index is 0.211. The fraction of sp³-hybridized carbons (Fsp3) is 0.647. The van der Waals surface area contributed by atoms with Crippen molar-refractivity contribution in [3.05, 3.63) is 20.9 Å². The molecular formula is C17H24N2O2S. The third kappa shape index (κ3) is 3.41. The minimum Gasteiger partial charge on any atom is -0.366 e. The summed E-state index contributed by atoms with van der Waals surface area (Å²) < 4.78 is 0. The van der Waals surface area contributed by atoms with E-state index in [0.29, 0.717) is 18.5 Å². The highest BCUT2D eigenvalue weighted by Crippen LogP contribution is 2.34. The molecule has 1 aliphatic carbocycles. The maximum Gasteiger partial charge on any atom is 0.250 e. The van der Waals surface area contributed by atoms with Crippen LogP contribution in [0.1, 0.15) is 57.8 Å². The number of hydrogen-bond donors (Lipinski definition) is 1. The summed E-state index contributed by atoms with van der Waals surface area (Å²) >= 11 is 1.64. The van der Waals surface area contributed by atoms with Crippen molar-refractivity contribution >= 4 is 23.0 Å². The number of nitrogens with zero attached hydrogens (tertiary/aromatic N) is 1.